The molecular formula is C14H16F2N2O. The minimum atomic E-state index is -0.741. The standard InChI is InChI=1S/C14H16F2N2O/c1-8-3-2-4-14(7-8)13(19)17-12-10(16)5-9(15)6-11(12)18-14/h5-6,8,18H,2-4,7H2,1H3,(H,17,19). The van der Waals surface area contributed by atoms with E-state index in [1.54, 1.807) is 0 Å². The quantitative estimate of drug-likeness (QED) is 0.756. The summed E-state index contributed by atoms with van der Waals surface area (Å²) in [6, 6.07) is 2.02. The summed E-state index contributed by atoms with van der Waals surface area (Å²) in [6.07, 6.45) is 3.41. The van der Waals surface area contributed by atoms with Crippen molar-refractivity contribution in [3.05, 3.63) is 23.8 Å². The van der Waals surface area contributed by atoms with E-state index >= 15 is 0 Å². The number of halogens is 2. The Balaban J connectivity index is 2.01. The van der Waals surface area contributed by atoms with Gasteiger partial charge < -0.3 is 10.6 Å². The van der Waals surface area contributed by atoms with Gasteiger partial charge in [0.15, 0.2) is 5.82 Å². The van der Waals surface area contributed by atoms with Crippen molar-refractivity contribution in [1.29, 1.82) is 0 Å². The van der Waals surface area contributed by atoms with Crippen molar-refractivity contribution in [2.75, 3.05) is 10.6 Å². The highest BCUT2D eigenvalue weighted by atomic mass is 19.1. The van der Waals surface area contributed by atoms with Gasteiger partial charge in [-0.05, 0) is 24.8 Å². The van der Waals surface area contributed by atoms with Gasteiger partial charge in [-0.15, -0.1) is 0 Å². The number of hydrogen-bond donors (Lipinski definition) is 2. The van der Waals surface area contributed by atoms with Crippen molar-refractivity contribution in [3.8, 4) is 0 Å². The highest BCUT2D eigenvalue weighted by molar-refractivity contribution is 6.06. The summed E-state index contributed by atoms with van der Waals surface area (Å²) in [7, 11) is 0. The van der Waals surface area contributed by atoms with Gasteiger partial charge in [0, 0.05) is 6.07 Å². The monoisotopic (exact) mass is 266 g/mol. The summed E-state index contributed by atoms with van der Waals surface area (Å²) >= 11 is 0. The second-order valence-electron chi connectivity index (χ2n) is 5.67. The van der Waals surface area contributed by atoms with Crippen molar-refractivity contribution in [1.82, 2.24) is 0 Å². The molecule has 0 aromatic heterocycles. The number of carbonyl (C=O) groups excluding carboxylic acids is 1. The van der Waals surface area contributed by atoms with Crippen LogP contribution in [0.2, 0.25) is 0 Å². The predicted molar refractivity (Wildman–Crippen MR) is 69.0 cm³/mol. The van der Waals surface area contributed by atoms with Crippen molar-refractivity contribution in [2.45, 2.75) is 38.1 Å². The van der Waals surface area contributed by atoms with Crippen LogP contribution in [0.25, 0.3) is 0 Å². The second-order valence-corrected chi connectivity index (χ2v) is 5.67. The fourth-order valence-corrected chi connectivity index (χ4v) is 3.22. The summed E-state index contributed by atoms with van der Waals surface area (Å²) < 4.78 is 26.9. The first-order valence-electron chi connectivity index (χ1n) is 6.59. The molecular weight excluding hydrogens is 250 g/mol. The predicted octanol–water partition coefficient (Wildman–Crippen LogP) is 3.28. The maximum atomic E-state index is 13.6. The number of carbonyl (C=O) groups is 1. The molecule has 1 aliphatic carbocycles. The van der Waals surface area contributed by atoms with Gasteiger partial charge in [-0.3, -0.25) is 4.79 Å². The van der Waals surface area contributed by atoms with Crippen LogP contribution in [-0.4, -0.2) is 11.4 Å². The molecule has 0 bridgehead atoms. The molecule has 1 heterocycles. The van der Waals surface area contributed by atoms with Crippen LogP contribution >= 0.6 is 0 Å². The topological polar surface area (TPSA) is 41.1 Å². The third kappa shape index (κ3) is 1.97. The molecule has 2 unspecified atom stereocenters. The van der Waals surface area contributed by atoms with Crippen molar-refractivity contribution >= 4 is 17.3 Å². The van der Waals surface area contributed by atoms with E-state index in [1.165, 1.54) is 6.07 Å². The van der Waals surface area contributed by atoms with Gasteiger partial charge in [-0.2, -0.15) is 0 Å². The molecule has 1 saturated carbocycles. The van der Waals surface area contributed by atoms with Gasteiger partial charge in [0.25, 0.3) is 0 Å². The van der Waals surface area contributed by atoms with E-state index in [0.29, 0.717) is 24.4 Å². The molecule has 102 valence electrons. The van der Waals surface area contributed by atoms with Crippen LogP contribution in [-0.2, 0) is 4.79 Å². The molecule has 1 aliphatic heterocycles. The van der Waals surface area contributed by atoms with Crippen LogP contribution in [0.4, 0.5) is 20.2 Å². The van der Waals surface area contributed by atoms with E-state index in [4.69, 9.17) is 0 Å². The molecule has 0 radical (unpaired) electrons. The van der Waals surface area contributed by atoms with Crippen LogP contribution in [0.15, 0.2) is 12.1 Å². The molecule has 19 heavy (non-hydrogen) atoms. The maximum Gasteiger partial charge on any atom is 0.250 e. The Morgan fingerprint density at radius 1 is 1.37 bits per heavy atom. The highest BCUT2D eigenvalue weighted by Gasteiger charge is 2.45. The Morgan fingerprint density at radius 3 is 2.89 bits per heavy atom. The fraction of sp³-hybridized carbons (Fsp3) is 0.500. The van der Waals surface area contributed by atoms with E-state index in [1.807, 2.05) is 0 Å². The summed E-state index contributed by atoms with van der Waals surface area (Å²) in [5, 5.41) is 5.68. The Kier molecular flexibility index (Phi) is 2.73. The van der Waals surface area contributed by atoms with Crippen molar-refractivity contribution < 1.29 is 13.6 Å². The maximum absolute atomic E-state index is 13.6. The number of rotatable bonds is 0. The molecule has 1 fully saturated rings. The van der Waals surface area contributed by atoms with Crippen molar-refractivity contribution in [3.63, 3.8) is 0 Å². The lowest BCUT2D eigenvalue weighted by molar-refractivity contribution is -0.122. The minimum Gasteiger partial charge on any atom is -0.369 e. The zero-order valence-electron chi connectivity index (χ0n) is 10.7. The van der Waals surface area contributed by atoms with Crippen LogP contribution in [0.3, 0.4) is 0 Å². The third-order valence-electron chi connectivity index (χ3n) is 4.10. The molecule has 2 atom stereocenters. The molecule has 1 amide bonds. The molecule has 2 aliphatic rings. The fourth-order valence-electron chi connectivity index (χ4n) is 3.22. The van der Waals surface area contributed by atoms with Crippen LogP contribution in [0.1, 0.15) is 32.6 Å². The number of anilines is 2. The second kappa shape index (κ2) is 4.18. The Hall–Kier alpha value is -1.65. The van der Waals surface area contributed by atoms with Crippen LogP contribution in [0.5, 0.6) is 0 Å². The minimum absolute atomic E-state index is 0.0512. The Morgan fingerprint density at radius 2 is 2.16 bits per heavy atom. The summed E-state index contributed by atoms with van der Waals surface area (Å²) in [5.41, 5.74) is -0.327. The van der Waals surface area contributed by atoms with E-state index in [9.17, 15) is 13.6 Å². The van der Waals surface area contributed by atoms with Gasteiger partial charge >= 0.3 is 0 Å². The first-order chi connectivity index (χ1) is 9.00. The highest BCUT2D eigenvalue weighted by Crippen LogP contribution is 2.41. The van der Waals surface area contributed by atoms with Gasteiger partial charge in [0.2, 0.25) is 5.91 Å². The van der Waals surface area contributed by atoms with Crippen molar-refractivity contribution in [2.24, 2.45) is 5.92 Å². The van der Waals surface area contributed by atoms with Gasteiger partial charge in [-0.1, -0.05) is 19.8 Å². The van der Waals surface area contributed by atoms with Crippen LogP contribution < -0.4 is 10.6 Å². The first-order valence-corrected chi connectivity index (χ1v) is 6.59. The summed E-state index contributed by atoms with van der Waals surface area (Å²) in [5.74, 6) is -1.17. The molecule has 2 N–H and O–H groups in total. The lowest BCUT2D eigenvalue weighted by Gasteiger charge is -2.43. The van der Waals surface area contributed by atoms with Gasteiger partial charge in [-0.25, -0.2) is 8.78 Å². The van der Waals surface area contributed by atoms with E-state index in [-0.39, 0.29) is 11.6 Å². The lowest BCUT2D eigenvalue weighted by Crippen LogP contribution is -2.55. The zero-order chi connectivity index (χ0) is 13.6. The van der Waals surface area contributed by atoms with E-state index in [0.717, 1.165) is 18.9 Å². The number of amides is 1. The van der Waals surface area contributed by atoms with Gasteiger partial charge in [0.05, 0.1) is 5.69 Å². The Labute approximate surface area is 110 Å². The van der Waals surface area contributed by atoms with Crippen LogP contribution in [0, 0.1) is 17.6 Å². The average Bonchev–Trinajstić information content (AvgIpc) is 2.32. The number of nitrogens with one attached hydrogen (secondary N) is 2. The molecule has 1 aromatic carbocycles. The summed E-state index contributed by atoms with van der Waals surface area (Å²) in [6.45, 7) is 2.09. The average molecular weight is 266 g/mol. The number of hydrogen-bond acceptors (Lipinski definition) is 2. The molecule has 3 nitrogen and oxygen atoms in total. The van der Waals surface area contributed by atoms with Gasteiger partial charge in [0.1, 0.15) is 17.0 Å². The largest absolute Gasteiger partial charge is 0.369 e. The molecule has 0 saturated heterocycles. The first kappa shape index (κ1) is 12.4. The summed E-state index contributed by atoms with van der Waals surface area (Å²) in [4.78, 5) is 12.3. The van der Waals surface area contributed by atoms with E-state index in [2.05, 4.69) is 17.6 Å². The molecule has 1 spiro atoms. The normalized spacial score (nSPS) is 29.6. The third-order valence-corrected chi connectivity index (χ3v) is 4.10. The molecule has 5 heteroatoms. The lowest BCUT2D eigenvalue weighted by atomic mass is 9.74. The Bertz CT molecular complexity index is 546. The van der Waals surface area contributed by atoms with E-state index < -0.39 is 17.2 Å². The molecule has 1 aromatic rings. The SMILES string of the molecule is CC1CCCC2(C1)Nc1cc(F)cc(F)c1NC2=O. The number of benzene rings is 1. The molecule has 3 rings (SSSR count). The zero-order valence-corrected chi connectivity index (χ0v) is 10.7. The number of fused-ring (bicyclic) bond motifs is 1. The smallest absolute Gasteiger partial charge is 0.250 e.